The largest absolute Gasteiger partial charge is 0.416 e. The van der Waals surface area contributed by atoms with Crippen molar-refractivity contribution >= 4 is 22.6 Å². The van der Waals surface area contributed by atoms with E-state index in [-0.39, 0.29) is 23.3 Å². The highest BCUT2D eigenvalue weighted by molar-refractivity contribution is 5.98. The van der Waals surface area contributed by atoms with E-state index in [2.05, 4.69) is 20.6 Å². The molecular formula is C21H19F4N5O2. The number of carbonyl (C=O) groups excluding carboxylic acids is 1. The predicted octanol–water partition coefficient (Wildman–Crippen LogP) is 2.90. The zero-order valence-corrected chi connectivity index (χ0v) is 17.0. The lowest BCUT2D eigenvalue weighted by Crippen LogP contribution is -2.39. The first-order valence-electron chi connectivity index (χ1n) is 9.76. The maximum absolute atomic E-state index is 13.7. The number of alkyl halides is 4. The zero-order valence-electron chi connectivity index (χ0n) is 17.0. The maximum Gasteiger partial charge on any atom is 0.416 e. The molecule has 0 spiro atoms. The van der Waals surface area contributed by atoms with Crippen molar-refractivity contribution in [3.05, 3.63) is 52.7 Å². The van der Waals surface area contributed by atoms with Gasteiger partial charge in [-0.3, -0.25) is 9.59 Å². The van der Waals surface area contributed by atoms with Crippen LogP contribution in [0.3, 0.4) is 0 Å². The molecule has 7 nitrogen and oxygen atoms in total. The second kappa shape index (κ2) is 7.88. The summed E-state index contributed by atoms with van der Waals surface area (Å²) in [5.74, 6) is -0.291. The molecule has 1 saturated heterocycles. The van der Waals surface area contributed by atoms with Gasteiger partial charge >= 0.3 is 6.18 Å². The number of fused-ring (bicyclic) bond motifs is 1. The fraction of sp³-hybridized carbons (Fsp3) is 0.333. The first-order valence-corrected chi connectivity index (χ1v) is 9.76. The van der Waals surface area contributed by atoms with E-state index in [1.165, 1.54) is 36.3 Å². The van der Waals surface area contributed by atoms with Crippen molar-refractivity contribution in [3.8, 4) is 11.1 Å². The molecule has 0 bridgehead atoms. The van der Waals surface area contributed by atoms with Gasteiger partial charge in [0.05, 0.1) is 22.8 Å². The molecule has 0 aliphatic carbocycles. The van der Waals surface area contributed by atoms with Crippen LogP contribution in [0.1, 0.15) is 12.0 Å². The van der Waals surface area contributed by atoms with Crippen molar-refractivity contribution in [2.75, 3.05) is 25.1 Å². The summed E-state index contributed by atoms with van der Waals surface area (Å²) in [4.78, 5) is 33.5. The molecular weight excluding hydrogens is 430 g/mol. The first-order chi connectivity index (χ1) is 15.2. The highest BCUT2D eigenvalue weighted by Gasteiger charge is 2.42. The van der Waals surface area contributed by atoms with E-state index in [1.807, 2.05) is 0 Å². The average Bonchev–Trinajstić information content (AvgIpc) is 3.14. The summed E-state index contributed by atoms with van der Waals surface area (Å²) >= 11 is 0. The van der Waals surface area contributed by atoms with Gasteiger partial charge in [0.1, 0.15) is 17.9 Å². The van der Waals surface area contributed by atoms with Crippen LogP contribution in [0.4, 0.5) is 23.4 Å². The molecule has 1 fully saturated rings. The minimum Gasteiger partial charge on any atom is -0.368 e. The highest BCUT2D eigenvalue weighted by Crippen LogP contribution is 2.34. The average molecular weight is 449 g/mol. The van der Waals surface area contributed by atoms with Crippen molar-refractivity contribution in [2.24, 2.45) is 12.5 Å². The molecule has 1 aliphatic rings. The SMILES string of the molecule is Cn1cnc2c(-c3ccc(C(F)(F)F)cc3)cnc(NCC3(CF)CCNC3=O)c2c1=O. The Labute approximate surface area is 179 Å². The summed E-state index contributed by atoms with van der Waals surface area (Å²) in [6.45, 7) is -0.590. The van der Waals surface area contributed by atoms with Gasteiger partial charge < -0.3 is 15.2 Å². The molecule has 1 atom stereocenters. The number of aromatic nitrogens is 3. The maximum atomic E-state index is 13.7. The number of hydrogen-bond acceptors (Lipinski definition) is 5. The van der Waals surface area contributed by atoms with Gasteiger partial charge in [0.2, 0.25) is 5.91 Å². The van der Waals surface area contributed by atoms with Gasteiger partial charge in [-0.05, 0) is 24.1 Å². The predicted molar refractivity (Wildman–Crippen MR) is 110 cm³/mol. The van der Waals surface area contributed by atoms with Crippen LogP contribution in [0, 0.1) is 5.41 Å². The second-order valence-electron chi connectivity index (χ2n) is 7.75. The zero-order chi connectivity index (χ0) is 23.1. The third-order valence-corrected chi connectivity index (χ3v) is 5.69. The summed E-state index contributed by atoms with van der Waals surface area (Å²) in [5.41, 5.74) is -1.49. The van der Waals surface area contributed by atoms with Gasteiger partial charge in [0.15, 0.2) is 0 Å². The van der Waals surface area contributed by atoms with E-state index in [1.54, 1.807) is 0 Å². The lowest BCUT2D eigenvalue weighted by atomic mass is 9.88. The Kier molecular flexibility index (Phi) is 5.35. The van der Waals surface area contributed by atoms with Crippen LogP contribution in [0.15, 0.2) is 41.6 Å². The molecule has 1 aromatic carbocycles. The van der Waals surface area contributed by atoms with Crippen LogP contribution in [0.25, 0.3) is 22.0 Å². The number of halogens is 4. The quantitative estimate of drug-likeness (QED) is 0.585. The number of benzene rings is 1. The molecule has 1 unspecified atom stereocenters. The first kappa shape index (κ1) is 21.7. The van der Waals surface area contributed by atoms with Gasteiger partial charge in [0, 0.05) is 31.9 Å². The van der Waals surface area contributed by atoms with Crippen LogP contribution in [0.2, 0.25) is 0 Å². The van der Waals surface area contributed by atoms with Crippen LogP contribution in [-0.4, -0.2) is 40.2 Å². The van der Waals surface area contributed by atoms with Gasteiger partial charge in [-0.2, -0.15) is 13.2 Å². The third kappa shape index (κ3) is 3.67. The topological polar surface area (TPSA) is 88.9 Å². The number of rotatable bonds is 5. The van der Waals surface area contributed by atoms with Crippen LogP contribution in [0.5, 0.6) is 0 Å². The minimum atomic E-state index is -4.47. The van der Waals surface area contributed by atoms with Crippen molar-refractivity contribution in [1.29, 1.82) is 0 Å². The molecule has 2 N–H and O–H groups in total. The lowest BCUT2D eigenvalue weighted by Gasteiger charge is -2.23. The van der Waals surface area contributed by atoms with E-state index < -0.39 is 35.3 Å². The monoisotopic (exact) mass is 449 g/mol. The number of pyridine rings is 1. The minimum absolute atomic E-state index is 0.0743. The number of anilines is 1. The Morgan fingerprint density at radius 1 is 1.19 bits per heavy atom. The summed E-state index contributed by atoms with van der Waals surface area (Å²) in [6, 6.07) is 4.45. The highest BCUT2D eigenvalue weighted by atomic mass is 19.4. The van der Waals surface area contributed by atoms with Crippen molar-refractivity contribution in [2.45, 2.75) is 12.6 Å². The van der Waals surface area contributed by atoms with Crippen molar-refractivity contribution in [1.82, 2.24) is 19.9 Å². The number of hydrogen-bond donors (Lipinski definition) is 2. The molecule has 3 aromatic rings. The number of nitrogens with one attached hydrogen (secondary N) is 2. The summed E-state index contributed by atoms with van der Waals surface area (Å²) < 4.78 is 53.6. The van der Waals surface area contributed by atoms with Crippen molar-refractivity contribution < 1.29 is 22.4 Å². The van der Waals surface area contributed by atoms with E-state index in [4.69, 9.17) is 0 Å². The van der Waals surface area contributed by atoms with Gasteiger partial charge in [-0.25, -0.2) is 14.4 Å². The smallest absolute Gasteiger partial charge is 0.368 e. The van der Waals surface area contributed by atoms with Crippen LogP contribution in [-0.2, 0) is 18.0 Å². The molecule has 4 rings (SSSR count). The Balaban J connectivity index is 1.78. The summed E-state index contributed by atoms with van der Waals surface area (Å²) in [6.07, 6.45) is -1.49. The number of aryl methyl sites for hydroxylation is 1. The summed E-state index contributed by atoms with van der Waals surface area (Å²) in [7, 11) is 1.50. The molecule has 32 heavy (non-hydrogen) atoms. The van der Waals surface area contributed by atoms with Gasteiger partial charge in [-0.1, -0.05) is 12.1 Å². The molecule has 3 heterocycles. The molecule has 168 valence electrons. The van der Waals surface area contributed by atoms with Crippen LogP contribution < -0.4 is 16.2 Å². The Morgan fingerprint density at radius 3 is 2.50 bits per heavy atom. The fourth-order valence-electron chi connectivity index (χ4n) is 3.71. The van der Waals surface area contributed by atoms with E-state index >= 15 is 0 Å². The van der Waals surface area contributed by atoms with Crippen LogP contribution >= 0.6 is 0 Å². The molecule has 11 heteroatoms. The Bertz CT molecular complexity index is 1240. The summed E-state index contributed by atoms with van der Waals surface area (Å²) in [5, 5.41) is 5.61. The van der Waals surface area contributed by atoms with E-state index in [9.17, 15) is 27.2 Å². The Morgan fingerprint density at radius 2 is 1.91 bits per heavy atom. The van der Waals surface area contributed by atoms with E-state index in [0.29, 0.717) is 24.1 Å². The fourth-order valence-corrected chi connectivity index (χ4v) is 3.71. The number of amides is 1. The normalized spacial score (nSPS) is 18.7. The Hall–Kier alpha value is -3.50. The van der Waals surface area contributed by atoms with E-state index in [0.717, 1.165) is 12.1 Å². The standard InChI is InChI=1S/C21H19F4N5O2/c1-30-11-29-16-14(12-2-4-13(5-3-12)21(23,24)25)8-27-17(15(16)18(30)31)28-10-20(9-22)6-7-26-19(20)32/h2-5,8,11H,6-7,9-10H2,1H3,(H,26,32)(H,27,28). The molecule has 1 aliphatic heterocycles. The molecule has 0 radical (unpaired) electrons. The second-order valence-corrected chi connectivity index (χ2v) is 7.75. The third-order valence-electron chi connectivity index (χ3n) is 5.69. The lowest BCUT2D eigenvalue weighted by molar-refractivity contribution is -0.137. The molecule has 1 amide bonds. The van der Waals surface area contributed by atoms with Crippen molar-refractivity contribution in [3.63, 3.8) is 0 Å². The number of carbonyl (C=O) groups is 1. The molecule has 2 aromatic heterocycles. The molecule has 0 saturated carbocycles. The van der Waals surface area contributed by atoms with Gasteiger partial charge in [0.25, 0.3) is 5.56 Å². The number of nitrogens with zero attached hydrogens (tertiary/aromatic N) is 3. The van der Waals surface area contributed by atoms with Gasteiger partial charge in [-0.15, -0.1) is 0 Å².